The van der Waals surface area contributed by atoms with E-state index in [2.05, 4.69) is 6.92 Å². The number of ether oxygens (including phenoxy) is 1. The van der Waals surface area contributed by atoms with Crippen LogP contribution in [0.25, 0.3) is 0 Å². The lowest BCUT2D eigenvalue weighted by Crippen LogP contribution is -2.22. The minimum absolute atomic E-state index is 0.172. The first-order valence-electron chi connectivity index (χ1n) is 6.72. The van der Waals surface area contributed by atoms with E-state index in [1.807, 2.05) is 0 Å². The van der Waals surface area contributed by atoms with Gasteiger partial charge in [0.25, 0.3) is 0 Å². The zero-order valence-corrected chi connectivity index (χ0v) is 11.2. The van der Waals surface area contributed by atoms with Crippen molar-refractivity contribution in [3.8, 4) is 0 Å². The van der Waals surface area contributed by atoms with Crippen molar-refractivity contribution in [3.05, 3.63) is 0 Å². The van der Waals surface area contributed by atoms with E-state index in [-0.39, 0.29) is 19.1 Å². The van der Waals surface area contributed by atoms with E-state index >= 15 is 0 Å². The van der Waals surface area contributed by atoms with E-state index in [0.717, 1.165) is 25.7 Å². The van der Waals surface area contributed by atoms with Crippen LogP contribution in [-0.4, -0.2) is 46.7 Å². The first-order chi connectivity index (χ1) is 8.60. The summed E-state index contributed by atoms with van der Waals surface area (Å²) < 4.78 is 4.74. The van der Waals surface area contributed by atoms with Gasteiger partial charge in [-0.25, -0.2) is 0 Å². The Morgan fingerprint density at radius 3 is 2.39 bits per heavy atom. The first-order valence-corrected chi connectivity index (χ1v) is 6.72. The second-order valence-electron chi connectivity index (χ2n) is 4.56. The highest BCUT2D eigenvalue weighted by molar-refractivity contribution is 5.69. The fraction of sp³-hybridized carbons (Fsp3) is 0.923. The second-order valence-corrected chi connectivity index (χ2v) is 4.56. The molecule has 0 amide bonds. The van der Waals surface area contributed by atoms with Crippen molar-refractivity contribution in [3.63, 3.8) is 0 Å². The minimum Gasteiger partial charge on any atom is -0.463 e. The van der Waals surface area contributed by atoms with Crippen LogP contribution in [0.5, 0.6) is 0 Å². The van der Waals surface area contributed by atoms with Crippen LogP contribution >= 0.6 is 0 Å². The lowest BCUT2D eigenvalue weighted by Gasteiger charge is -2.10. The van der Waals surface area contributed by atoms with Gasteiger partial charge >= 0.3 is 5.97 Å². The van der Waals surface area contributed by atoms with Gasteiger partial charge in [0.2, 0.25) is 0 Å². The van der Waals surface area contributed by atoms with E-state index in [1.54, 1.807) is 0 Å². The molecular formula is C13H26O5. The molecule has 0 radical (unpaired) electrons. The van der Waals surface area contributed by atoms with E-state index < -0.39 is 18.7 Å². The average molecular weight is 262 g/mol. The molecule has 0 aliphatic rings. The molecule has 18 heavy (non-hydrogen) atoms. The lowest BCUT2D eigenvalue weighted by atomic mass is 10.1. The summed E-state index contributed by atoms with van der Waals surface area (Å²) in [5.41, 5.74) is 0. The average Bonchev–Trinajstić information content (AvgIpc) is 2.36. The molecule has 0 aromatic carbocycles. The Bertz CT molecular complexity index is 208. The molecule has 0 aliphatic carbocycles. The monoisotopic (exact) mass is 262 g/mol. The highest BCUT2D eigenvalue weighted by atomic mass is 16.5. The molecule has 0 saturated heterocycles. The Hall–Kier alpha value is -0.650. The molecule has 2 atom stereocenters. The van der Waals surface area contributed by atoms with Gasteiger partial charge in [-0.05, 0) is 19.3 Å². The number of carbonyl (C=O) groups is 1. The van der Waals surface area contributed by atoms with Crippen molar-refractivity contribution in [2.45, 2.75) is 64.1 Å². The van der Waals surface area contributed by atoms with Gasteiger partial charge in [0.15, 0.2) is 0 Å². The largest absolute Gasteiger partial charge is 0.463 e. The van der Waals surface area contributed by atoms with Crippen molar-refractivity contribution in [1.29, 1.82) is 0 Å². The van der Waals surface area contributed by atoms with E-state index in [1.165, 1.54) is 0 Å². The molecule has 0 rings (SSSR count). The summed E-state index contributed by atoms with van der Waals surface area (Å²) in [5, 5.41) is 27.1. The third-order valence-corrected chi connectivity index (χ3v) is 2.71. The molecule has 0 bridgehead atoms. The smallest absolute Gasteiger partial charge is 0.305 e. The normalized spacial score (nSPS) is 14.2. The Morgan fingerprint density at radius 1 is 1.11 bits per heavy atom. The van der Waals surface area contributed by atoms with Gasteiger partial charge in [-0.1, -0.05) is 26.2 Å². The minimum atomic E-state index is -1.01. The molecule has 0 fully saturated rings. The van der Waals surface area contributed by atoms with Crippen LogP contribution in [0.4, 0.5) is 0 Å². The van der Waals surface area contributed by atoms with Crippen molar-refractivity contribution >= 4 is 5.97 Å². The molecule has 0 aromatic heterocycles. The molecule has 0 spiro atoms. The zero-order valence-electron chi connectivity index (χ0n) is 11.2. The number of aliphatic hydroxyl groups is 3. The van der Waals surface area contributed by atoms with Crippen LogP contribution in [0.2, 0.25) is 0 Å². The van der Waals surface area contributed by atoms with Gasteiger partial charge in [0, 0.05) is 6.42 Å². The van der Waals surface area contributed by atoms with Crippen LogP contribution in [0.3, 0.4) is 0 Å². The van der Waals surface area contributed by atoms with Gasteiger partial charge in [-0.3, -0.25) is 4.79 Å². The van der Waals surface area contributed by atoms with Crippen LogP contribution < -0.4 is 0 Å². The first kappa shape index (κ1) is 17.4. The van der Waals surface area contributed by atoms with Crippen molar-refractivity contribution in [1.82, 2.24) is 0 Å². The number of aliphatic hydroxyl groups excluding tert-OH is 3. The van der Waals surface area contributed by atoms with Gasteiger partial charge < -0.3 is 20.1 Å². The van der Waals surface area contributed by atoms with Gasteiger partial charge in [0.1, 0.15) is 12.7 Å². The number of hydrogen-bond acceptors (Lipinski definition) is 5. The number of rotatable bonds is 11. The number of esters is 1. The summed E-state index contributed by atoms with van der Waals surface area (Å²) in [6, 6.07) is 0. The molecule has 0 heterocycles. The van der Waals surface area contributed by atoms with Crippen molar-refractivity contribution in [2.24, 2.45) is 0 Å². The standard InChI is InChI=1S/C13H26O5/c1-2-3-4-6-11(15)7-5-8-13(17)18-10-12(16)9-14/h11-12,14-16H,2-10H2,1H3/t11-,12-/m1/s1. The topological polar surface area (TPSA) is 87.0 Å². The van der Waals surface area contributed by atoms with Crippen LogP contribution in [0.15, 0.2) is 0 Å². The number of carbonyl (C=O) groups excluding carboxylic acids is 1. The summed E-state index contributed by atoms with van der Waals surface area (Å²) in [4.78, 5) is 11.2. The SMILES string of the molecule is CCCCC[C@@H](O)CCCC(=O)OC[C@H](O)CO. The van der Waals surface area contributed by atoms with Gasteiger partial charge in [-0.2, -0.15) is 0 Å². The van der Waals surface area contributed by atoms with E-state index in [0.29, 0.717) is 12.8 Å². The third kappa shape index (κ3) is 10.5. The summed E-state index contributed by atoms with van der Waals surface area (Å²) in [5.74, 6) is -0.400. The highest BCUT2D eigenvalue weighted by Gasteiger charge is 2.09. The number of hydrogen-bond donors (Lipinski definition) is 3. The maximum Gasteiger partial charge on any atom is 0.305 e. The summed E-state index contributed by atoms with van der Waals surface area (Å²) in [6.07, 6.45) is 4.13. The molecular weight excluding hydrogens is 236 g/mol. The van der Waals surface area contributed by atoms with Gasteiger partial charge in [-0.15, -0.1) is 0 Å². The third-order valence-electron chi connectivity index (χ3n) is 2.71. The summed E-state index contributed by atoms with van der Waals surface area (Å²) in [6.45, 7) is 1.53. The van der Waals surface area contributed by atoms with Gasteiger partial charge in [0.05, 0.1) is 12.7 Å². The summed E-state index contributed by atoms with van der Waals surface area (Å²) >= 11 is 0. The van der Waals surface area contributed by atoms with Crippen LogP contribution in [0, 0.1) is 0 Å². The Labute approximate surface area is 109 Å². The van der Waals surface area contributed by atoms with Crippen LogP contribution in [-0.2, 0) is 9.53 Å². The Morgan fingerprint density at radius 2 is 1.78 bits per heavy atom. The molecule has 0 aliphatic heterocycles. The maximum atomic E-state index is 11.2. The molecule has 0 aromatic rings. The fourth-order valence-corrected chi connectivity index (χ4v) is 1.57. The van der Waals surface area contributed by atoms with Crippen molar-refractivity contribution in [2.75, 3.05) is 13.2 Å². The lowest BCUT2D eigenvalue weighted by molar-refractivity contribution is -0.147. The highest BCUT2D eigenvalue weighted by Crippen LogP contribution is 2.10. The molecule has 108 valence electrons. The Kier molecular flexibility index (Phi) is 11.0. The molecule has 0 unspecified atom stereocenters. The molecule has 3 N–H and O–H groups in total. The molecule has 0 saturated carbocycles. The Balaban J connectivity index is 3.43. The van der Waals surface area contributed by atoms with E-state index in [9.17, 15) is 9.90 Å². The molecule has 5 nitrogen and oxygen atoms in total. The second kappa shape index (κ2) is 11.4. The fourth-order valence-electron chi connectivity index (χ4n) is 1.57. The predicted molar refractivity (Wildman–Crippen MR) is 68.1 cm³/mol. The predicted octanol–water partition coefficient (Wildman–Crippen LogP) is 0.994. The quantitative estimate of drug-likeness (QED) is 0.382. The molecule has 5 heteroatoms. The van der Waals surface area contributed by atoms with E-state index in [4.69, 9.17) is 14.9 Å². The number of unbranched alkanes of at least 4 members (excludes halogenated alkanes) is 2. The zero-order chi connectivity index (χ0) is 13.8. The summed E-state index contributed by atoms with van der Waals surface area (Å²) in [7, 11) is 0. The van der Waals surface area contributed by atoms with Crippen LogP contribution in [0.1, 0.15) is 51.9 Å². The van der Waals surface area contributed by atoms with Crippen molar-refractivity contribution < 1.29 is 24.9 Å². The maximum absolute atomic E-state index is 11.2.